The number of nitrogens with one attached hydrogen (secondary N) is 1. The molecule has 1 fully saturated rings. The Morgan fingerprint density at radius 3 is 2.83 bits per heavy atom. The van der Waals surface area contributed by atoms with Gasteiger partial charge in [-0.05, 0) is 49.4 Å². The van der Waals surface area contributed by atoms with E-state index >= 15 is 0 Å². The molecule has 5 nitrogen and oxygen atoms in total. The highest BCUT2D eigenvalue weighted by atomic mass is 35.5. The number of carbonyl (C=O) groups excluding carboxylic acids is 1. The van der Waals surface area contributed by atoms with Gasteiger partial charge in [0, 0.05) is 32.0 Å². The van der Waals surface area contributed by atoms with Crippen LogP contribution in [0.1, 0.15) is 19.3 Å². The number of amides is 2. The number of nitrogens with zero attached hydrogens (tertiary/aromatic N) is 3. The summed E-state index contributed by atoms with van der Waals surface area (Å²) in [5.74, 6) is 0.184. The van der Waals surface area contributed by atoms with Crippen LogP contribution in [0.3, 0.4) is 0 Å². The highest BCUT2D eigenvalue weighted by Crippen LogP contribution is 2.25. The lowest BCUT2D eigenvalue weighted by Gasteiger charge is -2.32. The monoisotopic (exact) mass is 350 g/mol. The average Bonchev–Trinajstić information content (AvgIpc) is 3.09. The van der Waals surface area contributed by atoms with Crippen molar-refractivity contribution in [2.45, 2.75) is 25.8 Å². The minimum absolute atomic E-state index is 0.186. The van der Waals surface area contributed by atoms with Crippen LogP contribution in [-0.4, -0.2) is 33.8 Å². The third kappa shape index (κ3) is 4.26. The number of carbonyl (C=O) groups is 1. The van der Waals surface area contributed by atoms with E-state index in [0.29, 0.717) is 24.7 Å². The van der Waals surface area contributed by atoms with Crippen molar-refractivity contribution in [1.82, 2.24) is 14.7 Å². The van der Waals surface area contributed by atoms with Crippen molar-refractivity contribution in [1.29, 1.82) is 0 Å². The van der Waals surface area contributed by atoms with E-state index in [9.17, 15) is 9.18 Å². The Balaban J connectivity index is 1.46. The summed E-state index contributed by atoms with van der Waals surface area (Å²) in [4.78, 5) is 14.1. The Labute approximate surface area is 145 Å². The Morgan fingerprint density at radius 1 is 1.38 bits per heavy atom. The third-order valence-electron chi connectivity index (χ3n) is 4.40. The van der Waals surface area contributed by atoms with Crippen molar-refractivity contribution in [2.75, 3.05) is 18.4 Å². The summed E-state index contributed by atoms with van der Waals surface area (Å²) in [6.07, 6.45) is 6.78. The van der Waals surface area contributed by atoms with E-state index in [4.69, 9.17) is 11.6 Å². The predicted octanol–water partition coefficient (Wildman–Crippen LogP) is 4.01. The lowest BCUT2D eigenvalue weighted by atomic mass is 9.94. The van der Waals surface area contributed by atoms with Crippen LogP contribution in [0.4, 0.5) is 14.9 Å². The summed E-state index contributed by atoms with van der Waals surface area (Å²) in [6, 6.07) is 5.69. The first-order valence-electron chi connectivity index (χ1n) is 8.10. The summed E-state index contributed by atoms with van der Waals surface area (Å²) in [5.41, 5.74) is 0.434. The van der Waals surface area contributed by atoms with Gasteiger partial charge in [0.2, 0.25) is 0 Å². The van der Waals surface area contributed by atoms with Gasteiger partial charge in [-0.3, -0.25) is 4.68 Å². The predicted molar refractivity (Wildman–Crippen MR) is 91.6 cm³/mol. The largest absolute Gasteiger partial charge is 0.325 e. The van der Waals surface area contributed by atoms with Crippen LogP contribution < -0.4 is 5.32 Å². The van der Waals surface area contributed by atoms with Crippen LogP contribution in [-0.2, 0) is 6.54 Å². The van der Waals surface area contributed by atoms with Crippen LogP contribution in [0.2, 0.25) is 5.02 Å². The fourth-order valence-electron chi connectivity index (χ4n) is 2.96. The first-order chi connectivity index (χ1) is 11.6. The molecule has 0 spiro atoms. The van der Waals surface area contributed by atoms with Crippen LogP contribution in [0, 0.1) is 11.7 Å². The van der Waals surface area contributed by atoms with Crippen molar-refractivity contribution in [3.63, 3.8) is 0 Å². The van der Waals surface area contributed by atoms with Gasteiger partial charge in [-0.1, -0.05) is 11.6 Å². The quantitative estimate of drug-likeness (QED) is 0.905. The summed E-state index contributed by atoms with van der Waals surface area (Å²) in [5, 5.41) is 7.16. The molecule has 0 aliphatic carbocycles. The number of likely N-dealkylation sites (tertiary alicyclic amines) is 1. The zero-order valence-electron chi connectivity index (χ0n) is 13.3. The minimum Gasteiger partial charge on any atom is -0.325 e. The van der Waals surface area contributed by atoms with Crippen molar-refractivity contribution in [3.05, 3.63) is 47.5 Å². The number of piperidine rings is 1. The highest BCUT2D eigenvalue weighted by Gasteiger charge is 2.23. The van der Waals surface area contributed by atoms with Crippen molar-refractivity contribution in [2.24, 2.45) is 5.92 Å². The number of hydrogen-bond donors (Lipinski definition) is 1. The molecule has 1 aromatic carbocycles. The second kappa shape index (κ2) is 7.66. The van der Waals surface area contributed by atoms with Crippen LogP contribution in [0.5, 0.6) is 0 Å². The summed E-state index contributed by atoms with van der Waals surface area (Å²) < 4.78 is 15.0. The molecule has 2 aromatic rings. The van der Waals surface area contributed by atoms with Gasteiger partial charge in [-0.2, -0.15) is 5.10 Å². The maximum atomic E-state index is 13.0. The maximum Gasteiger partial charge on any atom is 0.321 e. The van der Waals surface area contributed by atoms with E-state index in [-0.39, 0.29) is 11.1 Å². The molecule has 0 radical (unpaired) electrons. The van der Waals surface area contributed by atoms with Crippen LogP contribution >= 0.6 is 11.6 Å². The zero-order chi connectivity index (χ0) is 16.9. The van der Waals surface area contributed by atoms with Gasteiger partial charge < -0.3 is 10.2 Å². The Hall–Kier alpha value is -2.08. The number of halogens is 2. The first kappa shape index (κ1) is 16.8. The molecule has 0 unspecified atom stereocenters. The third-order valence-corrected chi connectivity index (χ3v) is 4.71. The van der Waals surface area contributed by atoms with Gasteiger partial charge in [-0.15, -0.1) is 0 Å². The molecule has 128 valence electrons. The fraction of sp³-hybridized carbons (Fsp3) is 0.412. The molecule has 2 heterocycles. The highest BCUT2D eigenvalue weighted by molar-refractivity contribution is 6.33. The van der Waals surface area contributed by atoms with Gasteiger partial charge in [0.05, 0.1) is 10.7 Å². The molecule has 2 amide bonds. The van der Waals surface area contributed by atoms with Crippen molar-refractivity contribution < 1.29 is 9.18 Å². The summed E-state index contributed by atoms with van der Waals surface area (Å²) in [7, 11) is 0. The molecule has 1 aliphatic heterocycles. The van der Waals surface area contributed by atoms with E-state index in [0.717, 1.165) is 25.8 Å². The number of urea groups is 1. The smallest absolute Gasteiger partial charge is 0.321 e. The first-order valence-corrected chi connectivity index (χ1v) is 8.48. The van der Waals surface area contributed by atoms with E-state index in [1.54, 1.807) is 11.1 Å². The Bertz CT molecular complexity index is 684. The Morgan fingerprint density at radius 2 is 2.17 bits per heavy atom. The molecular weight excluding hydrogens is 331 g/mol. The molecule has 1 saturated heterocycles. The second-order valence-electron chi connectivity index (χ2n) is 6.04. The van der Waals surface area contributed by atoms with Gasteiger partial charge >= 0.3 is 6.03 Å². The number of benzene rings is 1. The number of aromatic nitrogens is 2. The molecule has 1 aromatic heterocycles. The lowest BCUT2D eigenvalue weighted by molar-refractivity contribution is 0.177. The van der Waals surface area contributed by atoms with E-state index < -0.39 is 5.82 Å². The van der Waals surface area contributed by atoms with Gasteiger partial charge in [0.15, 0.2) is 0 Å². The average molecular weight is 351 g/mol. The maximum absolute atomic E-state index is 13.0. The van der Waals surface area contributed by atoms with Crippen molar-refractivity contribution in [3.8, 4) is 0 Å². The number of anilines is 1. The molecule has 3 rings (SSSR count). The molecule has 0 atom stereocenters. The second-order valence-corrected chi connectivity index (χ2v) is 6.45. The number of hydrogen-bond acceptors (Lipinski definition) is 2. The Kier molecular flexibility index (Phi) is 5.35. The van der Waals surface area contributed by atoms with Crippen LogP contribution in [0.25, 0.3) is 0 Å². The standard InChI is InChI=1S/C17H20ClFN4O/c18-15-12-14(19)2-3-16(15)21-17(24)22-9-4-13(5-10-22)6-11-23-8-1-7-20-23/h1-3,7-8,12-13H,4-6,9-11H2,(H,21,24). The normalized spacial score (nSPS) is 15.5. The van der Waals surface area contributed by atoms with Gasteiger partial charge in [0.1, 0.15) is 5.82 Å². The topological polar surface area (TPSA) is 50.2 Å². The SMILES string of the molecule is O=C(Nc1ccc(F)cc1Cl)N1CCC(CCn2cccn2)CC1. The fourth-order valence-corrected chi connectivity index (χ4v) is 3.17. The summed E-state index contributed by atoms with van der Waals surface area (Å²) >= 11 is 5.94. The lowest BCUT2D eigenvalue weighted by Crippen LogP contribution is -2.41. The molecule has 0 saturated carbocycles. The minimum atomic E-state index is -0.420. The molecule has 7 heteroatoms. The molecule has 1 aliphatic rings. The number of rotatable bonds is 4. The van der Waals surface area contributed by atoms with E-state index in [1.807, 2.05) is 16.9 Å². The molecule has 24 heavy (non-hydrogen) atoms. The van der Waals surface area contributed by atoms with Crippen molar-refractivity contribution >= 4 is 23.3 Å². The zero-order valence-corrected chi connectivity index (χ0v) is 14.0. The van der Waals surface area contributed by atoms with Gasteiger partial charge in [0.25, 0.3) is 0 Å². The van der Waals surface area contributed by atoms with E-state index in [1.165, 1.54) is 18.2 Å². The molecular formula is C17H20ClFN4O. The number of aryl methyl sites for hydroxylation is 1. The van der Waals surface area contributed by atoms with E-state index in [2.05, 4.69) is 10.4 Å². The van der Waals surface area contributed by atoms with Gasteiger partial charge in [-0.25, -0.2) is 9.18 Å². The van der Waals surface area contributed by atoms with Crippen LogP contribution in [0.15, 0.2) is 36.7 Å². The molecule has 1 N–H and O–H groups in total. The molecule has 0 bridgehead atoms. The summed E-state index contributed by atoms with van der Waals surface area (Å²) in [6.45, 7) is 2.35.